The number of methoxy groups -OCH3 is 1. The van der Waals surface area contributed by atoms with Crippen LogP contribution in [0.15, 0.2) is 18.2 Å². The number of carboxylic acids is 1. The third-order valence-corrected chi connectivity index (χ3v) is 2.54. The van der Waals surface area contributed by atoms with Gasteiger partial charge in [-0.1, -0.05) is 11.6 Å². The highest BCUT2D eigenvalue weighted by Gasteiger charge is 2.03. The number of aliphatic carboxylic acids is 1. The lowest BCUT2D eigenvalue weighted by Gasteiger charge is -2.09. The van der Waals surface area contributed by atoms with Crippen LogP contribution in [0.3, 0.4) is 0 Å². The Morgan fingerprint density at radius 2 is 2.29 bits per heavy atom. The minimum atomic E-state index is -0.771. The van der Waals surface area contributed by atoms with Crippen LogP contribution in [0, 0.1) is 0 Å². The maximum atomic E-state index is 10.3. The van der Waals surface area contributed by atoms with Gasteiger partial charge in [0, 0.05) is 23.6 Å². The summed E-state index contributed by atoms with van der Waals surface area (Å²) in [7, 11) is 1.61. The van der Waals surface area contributed by atoms with Crippen molar-refractivity contribution < 1.29 is 14.6 Å². The standard InChI is InChI=1S/C12H16ClNO3/c1-17-11-5-4-10(13)7-9(11)8-14-6-2-3-12(15)16/h4-5,7,14H,2-3,6,8H2,1H3,(H,15,16). The first-order valence-corrected chi connectivity index (χ1v) is 5.76. The molecule has 0 aromatic heterocycles. The number of carbonyl (C=O) groups is 1. The molecule has 0 saturated heterocycles. The van der Waals surface area contributed by atoms with Gasteiger partial charge in [0.25, 0.3) is 0 Å². The Balaban J connectivity index is 2.40. The highest BCUT2D eigenvalue weighted by atomic mass is 35.5. The molecular formula is C12H16ClNO3. The Bertz CT molecular complexity index is 382. The predicted octanol–water partition coefficient (Wildman–Crippen LogP) is 2.30. The topological polar surface area (TPSA) is 58.6 Å². The van der Waals surface area contributed by atoms with E-state index >= 15 is 0 Å². The lowest BCUT2D eigenvalue weighted by atomic mass is 10.2. The van der Waals surface area contributed by atoms with E-state index in [2.05, 4.69) is 5.32 Å². The maximum Gasteiger partial charge on any atom is 0.303 e. The van der Waals surface area contributed by atoms with E-state index in [0.29, 0.717) is 24.5 Å². The van der Waals surface area contributed by atoms with Gasteiger partial charge in [-0.25, -0.2) is 0 Å². The molecule has 0 aliphatic rings. The first kappa shape index (κ1) is 13.8. The van der Waals surface area contributed by atoms with Gasteiger partial charge in [0.2, 0.25) is 0 Å². The monoisotopic (exact) mass is 257 g/mol. The summed E-state index contributed by atoms with van der Waals surface area (Å²) in [6.45, 7) is 1.27. The Morgan fingerprint density at radius 1 is 1.53 bits per heavy atom. The maximum absolute atomic E-state index is 10.3. The quantitative estimate of drug-likeness (QED) is 0.736. The molecule has 0 bridgehead atoms. The third-order valence-electron chi connectivity index (χ3n) is 2.30. The largest absolute Gasteiger partial charge is 0.496 e. The smallest absolute Gasteiger partial charge is 0.303 e. The summed E-state index contributed by atoms with van der Waals surface area (Å²) in [4.78, 5) is 10.3. The van der Waals surface area contributed by atoms with Crippen molar-refractivity contribution in [2.45, 2.75) is 19.4 Å². The van der Waals surface area contributed by atoms with E-state index in [1.165, 1.54) is 0 Å². The summed E-state index contributed by atoms with van der Waals surface area (Å²) in [6, 6.07) is 5.43. The highest BCUT2D eigenvalue weighted by Crippen LogP contribution is 2.22. The Kier molecular flexibility index (Phi) is 5.80. The van der Waals surface area contributed by atoms with Crippen LogP contribution in [-0.2, 0) is 11.3 Å². The van der Waals surface area contributed by atoms with E-state index in [4.69, 9.17) is 21.4 Å². The molecule has 0 heterocycles. The number of rotatable bonds is 7. The lowest BCUT2D eigenvalue weighted by Crippen LogP contribution is -2.16. The summed E-state index contributed by atoms with van der Waals surface area (Å²) in [5.41, 5.74) is 0.968. The highest BCUT2D eigenvalue weighted by molar-refractivity contribution is 6.30. The molecule has 94 valence electrons. The fourth-order valence-electron chi connectivity index (χ4n) is 1.47. The molecule has 0 radical (unpaired) electrons. The van der Waals surface area contributed by atoms with Gasteiger partial charge in [-0.2, -0.15) is 0 Å². The summed E-state index contributed by atoms with van der Waals surface area (Å²) in [5, 5.41) is 12.3. The molecule has 5 heteroatoms. The lowest BCUT2D eigenvalue weighted by molar-refractivity contribution is -0.137. The average Bonchev–Trinajstić information content (AvgIpc) is 2.28. The van der Waals surface area contributed by atoms with E-state index in [0.717, 1.165) is 11.3 Å². The molecule has 0 atom stereocenters. The molecule has 0 spiro atoms. The van der Waals surface area contributed by atoms with Crippen molar-refractivity contribution in [2.24, 2.45) is 0 Å². The minimum absolute atomic E-state index is 0.180. The molecule has 0 saturated carbocycles. The van der Waals surface area contributed by atoms with Gasteiger partial charge in [-0.05, 0) is 31.2 Å². The Morgan fingerprint density at radius 3 is 2.94 bits per heavy atom. The summed E-state index contributed by atoms with van der Waals surface area (Å²) in [5.74, 6) is 0.00673. The van der Waals surface area contributed by atoms with Gasteiger partial charge in [-0.3, -0.25) is 4.79 Å². The van der Waals surface area contributed by atoms with Crippen molar-refractivity contribution in [3.63, 3.8) is 0 Å². The van der Waals surface area contributed by atoms with Crippen molar-refractivity contribution in [3.05, 3.63) is 28.8 Å². The van der Waals surface area contributed by atoms with Crippen molar-refractivity contribution in [3.8, 4) is 5.75 Å². The Hall–Kier alpha value is -1.26. The molecule has 1 aromatic rings. The summed E-state index contributed by atoms with van der Waals surface area (Å²) in [6.07, 6.45) is 0.790. The van der Waals surface area contributed by atoms with Gasteiger partial charge in [-0.15, -0.1) is 0 Å². The zero-order chi connectivity index (χ0) is 12.7. The van der Waals surface area contributed by atoms with E-state index in [9.17, 15) is 4.79 Å². The van der Waals surface area contributed by atoms with Gasteiger partial charge >= 0.3 is 5.97 Å². The van der Waals surface area contributed by atoms with Gasteiger partial charge in [0.15, 0.2) is 0 Å². The van der Waals surface area contributed by atoms with Crippen molar-refractivity contribution in [2.75, 3.05) is 13.7 Å². The molecule has 0 amide bonds. The zero-order valence-corrected chi connectivity index (χ0v) is 10.5. The SMILES string of the molecule is COc1ccc(Cl)cc1CNCCCC(=O)O. The van der Waals surface area contributed by atoms with Gasteiger partial charge in [0.05, 0.1) is 7.11 Å². The third kappa shape index (κ3) is 5.06. The molecule has 2 N–H and O–H groups in total. The molecule has 0 aliphatic carbocycles. The number of hydrogen-bond acceptors (Lipinski definition) is 3. The van der Waals surface area contributed by atoms with E-state index in [-0.39, 0.29) is 6.42 Å². The van der Waals surface area contributed by atoms with E-state index in [1.54, 1.807) is 13.2 Å². The molecule has 0 fully saturated rings. The first-order valence-electron chi connectivity index (χ1n) is 5.38. The van der Waals surface area contributed by atoms with Crippen molar-refractivity contribution in [1.29, 1.82) is 0 Å². The molecule has 1 rings (SSSR count). The molecule has 0 unspecified atom stereocenters. The van der Waals surface area contributed by atoms with Crippen molar-refractivity contribution >= 4 is 17.6 Å². The summed E-state index contributed by atoms with van der Waals surface area (Å²) >= 11 is 5.89. The molecule has 4 nitrogen and oxygen atoms in total. The number of halogens is 1. The van der Waals surface area contributed by atoms with Crippen LogP contribution in [0.5, 0.6) is 5.75 Å². The van der Waals surface area contributed by atoms with Crippen LogP contribution >= 0.6 is 11.6 Å². The predicted molar refractivity (Wildman–Crippen MR) is 66.6 cm³/mol. The second-order valence-electron chi connectivity index (χ2n) is 3.63. The van der Waals surface area contributed by atoms with Gasteiger partial charge in [0.1, 0.15) is 5.75 Å². The molecule has 17 heavy (non-hydrogen) atoms. The molecule has 1 aromatic carbocycles. The fraction of sp³-hybridized carbons (Fsp3) is 0.417. The normalized spacial score (nSPS) is 10.2. The second-order valence-corrected chi connectivity index (χ2v) is 4.07. The average molecular weight is 258 g/mol. The van der Waals surface area contributed by atoms with E-state index in [1.807, 2.05) is 12.1 Å². The number of benzene rings is 1. The summed E-state index contributed by atoms with van der Waals surface area (Å²) < 4.78 is 5.20. The zero-order valence-electron chi connectivity index (χ0n) is 9.70. The van der Waals surface area contributed by atoms with Crippen LogP contribution in [-0.4, -0.2) is 24.7 Å². The molecular weight excluding hydrogens is 242 g/mol. The number of carboxylic acid groups (broad SMARTS) is 1. The first-order chi connectivity index (χ1) is 8.13. The minimum Gasteiger partial charge on any atom is -0.496 e. The van der Waals surface area contributed by atoms with Gasteiger partial charge < -0.3 is 15.2 Å². The Labute approximate surface area is 106 Å². The van der Waals surface area contributed by atoms with Crippen LogP contribution in [0.25, 0.3) is 0 Å². The van der Waals surface area contributed by atoms with Crippen LogP contribution in [0.2, 0.25) is 5.02 Å². The van der Waals surface area contributed by atoms with E-state index < -0.39 is 5.97 Å². The van der Waals surface area contributed by atoms with Crippen molar-refractivity contribution in [1.82, 2.24) is 5.32 Å². The van der Waals surface area contributed by atoms with Crippen LogP contribution in [0.4, 0.5) is 0 Å². The number of nitrogens with one attached hydrogen (secondary N) is 1. The fourth-order valence-corrected chi connectivity index (χ4v) is 1.67. The molecule has 0 aliphatic heterocycles. The second kappa shape index (κ2) is 7.14. The number of hydrogen-bond donors (Lipinski definition) is 2. The number of ether oxygens (including phenoxy) is 1. The van der Waals surface area contributed by atoms with Crippen LogP contribution < -0.4 is 10.1 Å². The van der Waals surface area contributed by atoms with Crippen LogP contribution in [0.1, 0.15) is 18.4 Å².